The van der Waals surface area contributed by atoms with Gasteiger partial charge in [-0.2, -0.15) is 0 Å². The van der Waals surface area contributed by atoms with Gasteiger partial charge in [-0.05, 0) is 24.8 Å². The number of nitrogens with zero attached hydrogens (tertiary/aromatic N) is 4. The first kappa shape index (κ1) is 20.3. The minimum absolute atomic E-state index is 0.0211. The van der Waals surface area contributed by atoms with E-state index in [0.29, 0.717) is 13.1 Å². The number of likely N-dealkylation sites (N-methyl/N-ethyl adjacent to an activating group) is 1. The summed E-state index contributed by atoms with van der Waals surface area (Å²) in [5.41, 5.74) is 0. The molecule has 160 valence electrons. The molecule has 4 aliphatic rings. The second-order valence-corrected chi connectivity index (χ2v) is 8.53. The molecule has 2 amide bonds. The second kappa shape index (κ2) is 8.83. The minimum Gasteiger partial charge on any atom is -0.355 e. The topological polar surface area (TPSA) is 80.3 Å². The maximum Gasteiger partial charge on any atom is 0.233 e. The molecule has 2 bridgehead atoms. The zero-order valence-electron chi connectivity index (χ0n) is 17.6. The van der Waals surface area contributed by atoms with Crippen LogP contribution in [0.4, 0.5) is 0 Å². The first-order chi connectivity index (χ1) is 14.1. The lowest BCUT2D eigenvalue weighted by molar-refractivity contribution is -0.140. The Morgan fingerprint density at radius 2 is 1.52 bits per heavy atom. The fourth-order valence-corrected chi connectivity index (χ4v) is 5.35. The van der Waals surface area contributed by atoms with Crippen molar-refractivity contribution in [1.29, 1.82) is 0 Å². The number of carbonyl (C=O) groups excluding carboxylic acids is 2. The minimum atomic E-state index is -0.108. The Morgan fingerprint density at radius 3 is 2.07 bits per heavy atom. The van der Waals surface area contributed by atoms with Crippen molar-refractivity contribution in [2.75, 3.05) is 66.0 Å². The van der Waals surface area contributed by atoms with Crippen molar-refractivity contribution in [2.24, 2.45) is 28.7 Å². The largest absolute Gasteiger partial charge is 0.355 e. The molecule has 8 nitrogen and oxygen atoms in total. The van der Waals surface area contributed by atoms with Gasteiger partial charge < -0.3 is 15.5 Å². The molecule has 29 heavy (non-hydrogen) atoms. The SMILES string of the molecule is CCN1CCN(CCNC(=NC)NCCN2C(=O)C3C4C=CC(C4)C3C2=O)CC1. The first-order valence-electron chi connectivity index (χ1n) is 11.0. The molecule has 1 saturated carbocycles. The molecule has 2 aliphatic heterocycles. The van der Waals surface area contributed by atoms with Crippen LogP contribution in [0.25, 0.3) is 0 Å². The van der Waals surface area contributed by atoms with Crippen molar-refractivity contribution in [3.05, 3.63) is 12.2 Å². The third kappa shape index (κ3) is 4.05. The smallest absolute Gasteiger partial charge is 0.233 e. The van der Waals surface area contributed by atoms with E-state index >= 15 is 0 Å². The Labute approximate surface area is 173 Å². The predicted molar refractivity (Wildman–Crippen MR) is 112 cm³/mol. The molecule has 2 N–H and O–H groups in total. The summed E-state index contributed by atoms with van der Waals surface area (Å²) in [6.45, 7) is 10.6. The van der Waals surface area contributed by atoms with Crippen LogP contribution in [0.2, 0.25) is 0 Å². The van der Waals surface area contributed by atoms with E-state index in [1.54, 1.807) is 7.05 Å². The van der Waals surface area contributed by atoms with Crippen LogP contribution in [0.3, 0.4) is 0 Å². The van der Waals surface area contributed by atoms with Crippen LogP contribution in [0, 0.1) is 23.7 Å². The summed E-state index contributed by atoms with van der Waals surface area (Å²) < 4.78 is 0. The van der Waals surface area contributed by atoms with Crippen LogP contribution in [-0.2, 0) is 9.59 Å². The summed E-state index contributed by atoms with van der Waals surface area (Å²) in [5.74, 6) is 1.09. The summed E-state index contributed by atoms with van der Waals surface area (Å²) in [6.07, 6.45) is 5.24. The fraction of sp³-hybridized carbons (Fsp3) is 0.762. The van der Waals surface area contributed by atoms with E-state index in [9.17, 15) is 9.59 Å². The van der Waals surface area contributed by atoms with E-state index in [4.69, 9.17) is 0 Å². The summed E-state index contributed by atoms with van der Waals surface area (Å²) in [7, 11) is 1.75. The maximum absolute atomic E-state index is 12.7. The second-order valence-electron chi connectivity index (χ2n) is 8.53. The number of aliphatic imine (C=N–C) groups is 1. The Balaban J connectivity index is 1.16. The number of fused-ring (bicyclic) bond motifs is 5. The van der Waals surface area contributed by atoms with E-state index < -0.39 is 0 Å². The third-order valence-electron chi connectivity index (χ3n) is 7.05. The monoisotopic (exact) mass is 402 g/mol. The average Bonchev–Trinajstić information content (AvgIpc) is 3.42. The Kier molecular flexibility index (Phi) is 6.20. The van der Waals surface area contributed by atoms with Gasteiger partial charge in [-0.1, -0.05) is 19.1 Å². The van der Waals surface area contributed by atoms with Crippen LogP contribution >= 0.6 is 0 Å². The molecular formula is C21H34N6O2. The summed E-state index contributed by atoms with van der Waals surface area (Å²) in [5, 5.41) is 6.58. The van der Waals surface area contributed by atoms with Crippen molar-refractivity contribution in [3.8, 4) is 0 Å². The molecule has 0 spiro atoms. The highest BCUT2D eigenvalue weighted by atomic mass is 16.2. The molecule has 4 unspecified atom stereocenters. The molecule has 0 aromatic carbocycles. The summed E-state index contributed by atoms with van der Waals surface area (Å²) in [6, 6.07) is 0. The fourth-order valence-electron chi connectivity index (χ4n) is 5.35. The van der Waals surface area contributed by atoms with Crippen LogP contribution in [0.1, 0.15) is 13.3 Å². The number of allylic oxidation sites excluding steroid dienone is 2. The van der Waals surface area contributed by atoms with Crippen LogP contribution in [0.15, 0.2) is 17.1 Å². The maximum atomic E-state index is 12.7. The third-order valence-corrected chi connectivity index (χ3v) is 7.05. The Hall–Kier alpha value is -1.93. The lowest BCUT2D eigenvalue weighted by Crippen LogP contribution is -2.49. The molecule has 0 radical (unpaired) electrons. The molecule has 4 rings (SSSR count). The van der Waals surface area contributed by atoms with Gasteiger partial charge in [-0.3, -0.25) is 24.4 Å². The Morgan fingerprint density at radius 1 is 0.966 bits per heavy atom. The highest BCUT2D eigenvalue weighted by molar-refractivity contribution is 6.06. The van der Waals surface area contributed by atoms with E-state index in [2.05, 4.69) is 44.5 Å². The molecule has 3 fully saturated rings. The number of nitrogens with one attached hydrogen (secondary N) is 2. The number of piperazine rings is 1. The van der Waals surface area contributed by atoms with Gasteiger partial charge in [-0.15, -0.1) is 0 Å². The molecule has 2 aliphatic carbocycles. The molecular weight excluding hydrogens is 368 g/mol. The highest BCUT2D eigenvalue weighted by Gasteiger charge is 2.58. The standard InChI is InChI=1S/C21H34N6O2/c1-3-25-10-12-26(13-11-25)8-6-23-21(22-2)24-7-9-27-19(28)17-15-4-5-16(14-15)18(17)20(27)29/h4-5,15-18H,3,6-14H2,1-2H3,(H2,22,23,24). The van der Waals surface area contributed by atoms with Crippen molar-refractivity contribution < 1.29 is 9.59 Å². The normalized spacial score (nSPS) is 32.3. The molecule has 0 aromatic heterocycles. The van der Waals surface area contributed by atoms with Gasteiger partial charge in [0.05, 0.1) is 11.8 Å². The number of guanidine groups is 1. The van der Waals surface area contributed by atoms with Crippen LogP contribution < -0.4 is 10.6 Å². The molecule has 2 heterocycles. The van der Waals surface area contributed by atoms with E-state index in [1.165, 1.54) is 4.90 Å². The number of hydrogen-bond donors (Lipinski definition) is 2. The van der Waals surface area contributed by atoms with Crippen LogP contribution in [0.5, 0.6) is 0 Å². The number of hydrogen-bond acceptors (Lipinski definition) is 5. The van der Waals surface area contributed by atoms with Gasteiger partial charge in [0, 0.05) is 59.4 Å². The number of amides is 2. The van der Waals surface area contributed by atoms with E-state index in [1.807, 2.05) is 0 Å². The van der Waals surface area contributed by atoms with Gasteiger partial charge in [0.2, 0.25) is 11.8 Å². The quantitative estimate of drug-likeness (QED) is 0.261. The number of imide groups is 1. The van der Waals surface area contributed by atoms with Crippen molar-refractivity contribution in [1.82, 2.24) is 25.3 Å². The molecule has 4 atom stereocenters. The lowest BCUT2D eigenvalue weighted by atomic mass is 9.85. The first-order valence-corrected chi connectivity index (χ1v) is 11.0. The zero-order chi connectivity index (χ0) is 20.4. The highest BCUT2D eigenvalue weighted by Crippen LogP contribution is 2.52. The summed E-state index contributed by atoms with van der Waals surface area (Å²) >= 11 is 0. The number of carbonyl (C=O) groups is 2. The van der Waals surface area contributed by atoms with Gasteiger partial charge in [-0.25, -0.2) is 0 Å². The number of rotatable bonds is 7. The van der Waals surface area contributed by atoms with Gasteiger partial charge in [0.15, 0.2) is 5.96 Å². The summed E-state index contributed by atoms with van der Waals surface area (Å²) in [4.78, 5) is 36.1. The van der Waals surface area contributed by atoms with Gasteiger partial charge in [0.25, 0.3) is 0 Å². The van der Waals surface area contributed by atoms with E-state index in [-0.39, 0.29) is 35.5 Å². The zero-order valence-corrected chi connectivity index (χ0v) is 17.6. The molecule has 8 heteroatoms. The molecule has 2 saturated heterocycles. The number of likely N-dealkylation sites (tertiary alicyclic amines) is 1. The average molecular weight is 403 g/mol. The van der Waals surface area contributed by atoms with Crippen molar-refractivity contribution >= 4 is 17.8 Å². The van der Waals surface area contributed by atoms with Crippen molar-refractivity contribution in [3.63, 3.8) is 0 Å². The Bertz CT molecular complexity index is 655. The van der Waals surface area contributed by atoms with Crippen molar-refractivity contribution in [2.45, 2.75) is 13.3 Å². The van der Waals surface area contributed by atoms with Gasteiger partial charge >= 0.3 is 0 Å². The lowest BCUT2D eigenvalue weighted by Gasteiger charge is -2.34. The van der Waals surface area contributed by atoms with Gasteiger partial charge in [0.1, 0.15) is 0 Å². The van der Waals surface area contributed by atoms with Crippen LogP contribution in [-0.4, -0.2) is 98.4 Å². The molecule has 0 aromatic rings. The predicted octanol–water partition coefficient (Wildman–Crippen LogP) is -0.404. The van der Waals surface area contributed by atoms with E-state index in [0.717, 1.165) is 58.2 Å².